The van der Waals surface area contributed by atoms with Gasteiger partial charge in [0.15, 0.2) is 11.5 Å². The van der Waals surface area contributed by atoms with Crippen molar-refractivity contribution in [2.45, 2.75) is 156 Å². The third-order valence-corrected chi connectivity index (χ3v) is 7.31. The molecule has 2 atom stereocenters. The number of hydrogen-bond donors (Lipinski definition) is 0. The molecule has 0 saturated carbocycles. The fraction of sp³-hybridized carbons (Fsp3) is 0.882. The molecule has 0 aliphatic rings. The number of rotatable bonds is 30. The largest absolute Gasteiger partial charge is 0.497 e. The predicted molar refractivity (Wildman–Crippen MR) is 168 cm³/mol. The SMILES string of the molecule is CCCCCCCCCCC(OC)=C(OC)C(OCC)OC(OCC)C(OC)=C(CCCCCCCCCC)OC. The second kappa shape index (κ2) is 28.7. The van der Waals surface area contributed by atoms with Gasteiger partial charge in [-0.2, -0.15) is 0 Å². The van der Waals surface area contributed by atoms with Crippen molar-refractivity contribution < 1.29 is 33.2 Å². The maximum absolute atomic E-state index is 6.40. The molecule has 0 spiro atoms. The molecule has 7 nitrogen and oxygen atoms in total. The van der Waals surface area contributed by atoms with E-state index >= 15 is 0 Å². The van der Waals surface area contributed by atoms with Crippen LogP contribution in [-0.4, -0.2) is 54.2 Å². The zero-order valence-corrected chi connectivity index (χ0v) is 28.2. The zero-order valence-electron chi connectivity index (χ0n) is 28.2. The van der Waals surface area contributed by atoms with Crippen molar-refractivity contribution in [3.8, 4) is 0 Å². The van der Waals surface area contributed by atoms with Crippen LogP contribution in [0, 0.1) is 0 Å². The van der Waals surface area contributed by atoms with Crippen molar-refractivity contribution in [1.82, 2.24) is 0 Å². The second-order valence-electron chi connectivity index (χ2n) is 10.6. The summed E-state index contributed by atoms with van der Waals surface area (Å²) >= 11 is 0. The van der Waals surface area contributed by atoms with Crippen LogP contribution >= 0.6 is 0 Å². The summed E-state index contributed by atoms with van der Waals surface area (Å²) in [6.07, 6.45) is 19.9. The van der Waals surface area contributed by atoms with E-state index in [4.69, 9.17) is 33.2 Å². The minimum atomic E-state index is -0.808. The van der Waals surface area contributed by atoms with E-state index in [2.05, 4.69) is 13.8 Å². The molecule has 0 rings (SSSR count). The summed E-state index contributed by atoms with van der Waals surface area (Å²) in [6, 6.07) is 0. The van der Waals surface area contributed by atoms with Crippen LogP contribution in [0.5, 0.6) is 0 Å². The van der Waals surface area contributed by atoms with Gasteiger partial charge in [-0.15, -0.1) is 0 Å². The summed E-state index contributed by atoms with van der Waals surface area (Å²) in [7, 11) is 6.61. The first kappa shape index (κ1) is 39.6. The molecule has 7 heteroatoms. The van der Waals surface area contributed by atoms with Crippen LogP contribution in [0.2, 0.25) is 0 Å². The van der Waals surface area contributed by atoms with E-state index in [0.717, 1.165) is 50.0 Å². The van der Waals surface area contributed by atoms with Gasteiger partial charge >= 0.3 is 0 Å². The second-order valence-corrected chi connectivity index (χ2v) is 10.6. The molecule has 2 unspecified atom stereocenters. The van der Waals surface area contributed by atoms with Crippen LogP contribution in [-0.2, 0) is 33.2 Å². The van der Waals surface area contributed by atoms with Crippen molar-refractivity contribution in [2.24, 2.45) is 0 Å². The van der Waals surface area contributed by atoms with Gasteiger partial charge in [0, 0.05) is 26.1 Å². The molecule has 0 aromatic carbocycles. The lowest BCUT2D eigenvalue weighted by molar-refractivity contribution is -0.237. The van der Waals surface area contributed by atoms with E-state index < -0.39 is 12.6 Å². The Morgan fingerprint density at radius 3 is 1.00 bits per heavy atom. The zero-order chi connectivity index (χ0) is 30.6. The lowest BCUT2D eigenvalue weighted by atomic mass is 10.1. The van der Waals surface area contributed by atoms with E-state index in [1.54, 1.807) is 28.4 Å². The van der Waals surface area contributed by atoms with Gasteiger partial charge in [0.2, 0.25) is 12.6 Å². The lowest BCUT2D eigenvalue weighted by Gasteiger charge is -2.28. The van der Waals surface area contributed by atoms with Gasteiger partial charge in [-0.1, -0.05) is 104 Å². The number of allylic oxidation sites excluding steroid dienone is 2. The van der Waals surface area contributed by atoms with Gasteiger partial charge in [0.05, 0.1) is 28.4 Å². The Morgan fingerprint density at radius 1 is 0.415 bits per heavy atom. The first-order valence-electron chi connectivity index (χ1n) is 16.6. The Balaban J connectivity index is 5.43. The van der Waals surface area contributed by atoms with E-state index in [0.29, 0.717) is 24.7 Å². The Hall–Kier alpha value is -1.44. The van der Waals surface area contributed by atoms with Crippen molar-refractivity contribution >= 4 is 0 Å². The van der Waals surface area contributed by atoms with Crippen LogP contribution in [0.3, 0.4) is 0 Å². The highest BCUT2D eigenvalue weighted by Crippen LogP contribution is 2.27. The molecule has 0 aromatic rings. The smallest absolute Gasteiger partial charge is 0.223 e. The first-order valence-corrected chi connectivity index (χ1v) is 16.6. The third kappa shape index (κ3) is 18.7. The van der Waals surface area contributed by atoms with Crippen LogP contribution in [0.15, 0.2) is 23.0 Å². The van der Waals surface area contributed by atoms with Crippen molar-refractivity contribution in [1.29, 1.82) is 0 Å². The first-order chi connectivity index (χ1) is 20.1. The minimum Gasteiger partial charge on any atom is -0.497 e. The third-order valence-electron chi connectivity index (χ3n) is 7.31. The Kier molecular flexibility index (Phi) is 27.7. The summed E-state index contributed by atoms with van der Waals surface area (Å²) in [5, 5.41) is 0. The van der Waals surface area contributed by atoms with Gasteiger partial charge in [-0.3, -0.25) is 0 Å². The highest BCUT2D eigenvalue weighted by atomic mass is 16.8. The van der Waals surface area contributed by atoms with E-state index in [1.807, 2.05) is 13.8 Å². The normalized spacial score (nSPS) is 14.2. The number of hydrogen-bond acceptors (Lipinski definition) is 7. The molecule has 41 heavy (non-hydrogen) atoms. The molecule has 0 fully saturated rings. The standard InChI is InChI=1S/C34H66O7/c1-9-13-15-17-19-21-23-25-27-29(35-5)31(37-7)33(39-11-3)41-34(40-12-4)32(38-8)30(36-6)28-26-24-22-20-18-16-14-10-2/h33-34H,9-28H2,1-8H3. The fourth-order valence-electron chi connectivity index (χ4n) is 4.94. The average Bonchev–Trinajstić information content (AvgIpc) is 2.98. The fourth-order valence-corrected chi connectivity index (χ4v) is 4.94. The Morgan fingerprint density at radius 2 is 0.732 bits per heavy atom. The molecular weight excluding hydrogens is 520 g/mol. The number of unbranched alkanes of at least 4 members (excludes halogenated alkanes) is 14. The van der Waals surface area contributed by atoms with E-state index in [9.17, 15) is 0 Å². The molecule has 0 aliphatic heterocycles. The van der Waals surface area contributed by atoms with Gasteiger partial charge in [0.1, 0.15) is 11.5 Å². The molecule has 0 aliphatic carbocycles. The van der Waals surface area contributed by atoms with Crippen molar-refractivity contribution in [2.75, 3.05) is 41.7 Å². The predicted octanol–water partition coefficient (Wildman–Crippen LogP) is 9.80. The quantitative estimate of drug-likeness (QED) is 0.0471. The molecule has 0 heterocycles. The number of ether oxygens (including phenoxy) is 7. The summed E-state index contributed by atoms with van der Waals surface area (Å²) < 4.78 is 41.6. The van der Waals surface area contributed by atoms with Gasteiger partial charge in [-0.05, 0) is 26.7 Å². The summed E-state index contributed by atoms with van der Waals surface area (Å²) in [6.45, 7) is 9.24. The molecule has 244 valence electrons. The van der Waals surface area contributed by atoms with E-state index in [1.165, 1.54) is 77.0 Å². The van der Waals surface area contributed by atoms with Crippen LogP contribution in [0.1, 0.15) is 143 Å². The maximum atomic E-state index is 6.40. The Labute approximate surface area is 253 Å². The van der Waals surface area contributed by atoms with Gasteiger partial charge in [-0.25, -0.2) is 0 Å². The highest BCUT2D eigenvalue weighted by Gasteiger charge is 2.30. The summed E-state index contributed by atoms with van der Waals surface area (Å²) in [5.74, 6) is 2.53. The molecule has 0 amide bonds. The molecule has 0 saturated heterocycles. The molecule has 0 aromatic heterocycles. The molecular formula is C34H66O7. The van der Waals surface area contributed by atoms with Crippen molar-refractivity contribution in [3.63, 3.8) is 0 Å². The molecule has 0 N–H and O–H groups in total. The van der Waals surface area contributed by atoms with Crippen molar-refractivity contribution in [3.05, 3.63) is 23.0 Å². The summed E-state index contributed by atoms with van der Waals surface area (Å²) in [4.78, 5) is 0. The van der Waals surface area contributed by atoms with Crippen LogP contribution < -0.4 is 0 Å². The minimum absolute atomic E-state index is 0.437. The van der Waals surface area contributed by atoms with E-state index in [-0.39, 0.29) is 0 Å². The molecule has 0 radical (unpaired) electrons. The average molecular weight is 587 g/mol. The summed E-state index contributed by atoms with van der Waals surface area (Å²) in [5.41, 5.74) is 0. The Bertz CT molecular complexity index is 593. The molecule has 0 bridgehead atoms. The van der Waals surface area contributed by atoms with Crippen LogP contribution in [0.25, 0.3) is 0 Å². The highest BCUT2D eigenvalue weighted by molar-refractivity contribution is 5.08. The monoisotopic (exact) mass is 586 g/mol. The maximum Gasteiger partial charge on any atom is 0.223 e. The topological polar surface area (TPSA) is 64.6 Å². The van der Waals surface area contributed by atoms with Crippen LogP contribution in [0.4, 0.5) is 0 Å². The van der Waals surface area contributed by atoms with Gasteiger partial charge in [0.25, 0.3) is 0 Å². The lowest BCUT2D eigenvalue weighted by Crippen LogP contribution is -2.32. The van der Waals surface area contributed by atoms with Gasteiger partial charge < -0.3 is 33.2 Å². The number of methoxy groups -OCH3 is 4.